The lowest BCUT2D eigenvalue weighted by molar-refractivity contribution is 0.598. The van der Waals surface area contributed by atoms with E-state index in [-0.39, 0.29) is 4.90 Å². The van der Waals surface area contributed by atoms with E-state index in [0.29, 0.717) is 0 Å². The number of hydrogen-bond acceptors (Lipinski definition) is 2. The van der Waals surface area contributed by atoms with Gasteiger partial charge in [-0.2, -0.15) is 8.42 Å². The second-order valence-corrected chi connectivity index (χ2v) is 7.60. The molecule has 2 rings (SSSR count). The zero-order chi connectivity index (χ0) is 13.9. The van der Waals surface area contributed by atoms with Crippen molar-refractivity contribution in [1.82, 2.24) is 0 Å². The van der Waals surface area contributed by atoms with E-state index in [4.69, 9.17) is 0 Å². The Bertz CT molecular complexity index is 690. The lowest BCUT2D eigenvalue weighted by Crippen LogP contribution is -2.00. The fourth-order valence-corrected chi connectivity index (χ4v) is 4.46. The summed E-state index contributed by atoms with van der Waals surface area (Å²) in [6.07, 6.45) is 1.81. The maximum Gasteiger partial charge on any atom is 0.288 e. The van der Waals surface area contributed by atoms with Crippen LogP contribution in [0.1, 0.15) is 5.56 Å². The summed E-state index contributed by atoms with van der Waals surface area (Å²) in [4.78, 5) is 1.16. The van der Waals surface area contributed by atoms with Gasteiger partial charge in [0.05, 0.1) is 4.90 Å². The van der Waals surface area contributed by atoms with Gasteiger partial charge in [0.1, 0.15) is 0 Å². The van der Waals surface area contributed by atoms with Crippen LogP contribution in [0.2, 0.25) is 0 Å². The molecule has 0 heterocycles. The van der Waals surface area contributed by atoms with Crippen LogP contribution in [-0.4, -0.2) is 14.7 Å². The first-order valence-electron chi connectivity index (χ1n) is 5.75. The smallest absolute Gasteiger partial charge is 0.199 e. The van der Waals surface area contributed by atoms with Crippen LogP contribution in [0.5, 0.6) is 0 Å². The minimum atomic E-state index is -3.59. The molecule has 0 aliphatic carbocycles. The van der Waals surface area contributed by atoms with E-state index in [1.165, 1.54) is 0 Å². The second-order valence-electron chi connectivity index (χ2n) is 4.15. The molecule has 0 N–H and O–H groups in total. The van der Waals surface area contributed by atoms with Gasteiger partial charge >= 0.3 is 0 Å². The molecule has 0 radical (unpaired) electrons. The topological polar surface area (TPSA) is 46.5 Å². The number of sulfonamides is 1. The van der Waals surface area contributed by atoms with Crippen LogP contribution in [-0.2, 0) is 20.7 Å². The van der Waals surface area contributed by atoms with Crippen LogP contribution in [0.4, 0.5) is 0 Å². The molecule has 0 saturated heterocycles. The van der Waals surface area contributed by atoms with E-state index in [9.17, 15) is 8.42 Å². The normalized spacial score (nSPS) is 13.4. The Balaban J connectivity index is 2.39. The van der Waals surface area contributed by atoms with Gasteiger partial charge in [-0.1, -0.05) is 46.6 Å². The van der Waals surface area contributed by atoms with E-state index >= 15 is 0 Å². The molecule has 0 unspecified atom stereocenters. The predicted molar refractivity (Wildman–Crippen MR) is 78.8 cm³/mol. The third-order valence-corrected chi connectivity index (χ3v) is 6.11. The molecule has 0 aliphatic rings. The van der Waals surface area contributed by atoms with Crippen molar-refractivity contribution < 1.29 is 8.42 Å². The van der Waals surface area contributed by atoms with Gasteiger partial charge in [0.15, 0.2) is 0 Å². The van der Waals surface area contributed by atoms with Crippen molar-refractivity contribution in [2.45, 2.75) is 16.7 Å². The van der Waals surface area contributed by atoms with Crippen molar-refractivity contribution in [1.29, 1.82) is 0 Å². The maximum absolute atomic E-state index is 12.2. The predicted octanol–water partition coefficient (Wildman–Crippen LogP) is 3.17. The average molecular weight is 293 g/mol. The van der Waals surface area contributed by atoms with Crippen LogP contribution in [0.15, 0.2) is 68.2 Å². The third kappa shape index (κ3) is 3.52. The second kappa shape index (κ2) is 5.67. The number of benzene rings is 2. The van der Waals surface area contributed by atoms with E-state index in [0.717, 1.165) is 10.5 Å². The fraction of sp³-hybridized carbons (Fsp3) is 0.143. The summed E-state index contributed by atoms with van der Waals surface area (Å²) in [6.45, 7) is 1.92. The molecule has 1 atom stereocenters. The zero-order valence-electron chi connectivity index (χ0n) is 10.8. The minimum Gasteiger partial charge on any atom is -0.199 e. The molecule has 0 amide bonds. The number of hydrogen-bond donors (Lipinski definition) is 0. The lowest BCUT2D eigenvalue weighted by Gasteiger charge is -2.03. The van der Waals surface area contributed by atoms with Gasteiger partial charge in [-0.25, -0.2) is 0 Å². The Morgan fingerprint density at radius 3 is 2.11 bits per heavy atom. The molecule has 0 aliphatic heterocycles. The van der Waals surface area contributed by atoms with E-state index in [1.54, 1.807) is 30.5 Å². The van der Waals surface area contributed by atoms with Crippen LogP contribution in [0.25, 0.3) is 0 Å². The molecule has 5 heteroatoms. The van der Waals surface area contributed by atoms with Crippen molar-refractivity contribution in [3.05, 3.63) is 60.2 Å². The van der Waals surface area contributed by atoms with Crippen LogP contribution in [0.3, 0.4) is 0 Å². The summed E-state index contributed by atoms with van der Waals surface area (Å²) in [5.74, 6) is 0. The fourth-order valence-electron chi connectivity index (χ4n) is 1.56. The number of rotatable bonds is 3. The molecule has 0 bridgehead atoms. The van der Waals surface area contributed by atoms with Crippen molar-refractivity contribution in [2.75, 3.05) is 6.26 Å². The number of nitrogens with zero attached hydrogens (tertiary/aromatic N) is 1. The zero-order valence-corrected chi connectivity index (χ0v) is 12.4. The molecule has 0 spiro atoms. The Morgan fingerprint density at radius 1 is 0.947 bits per heavy atom. The van der Waals surface area contributed by atoms with Gasteiger partial charge in [0.2, 0.25) is 0 Å². The molecule has 100 valence electrons. The quantitative estimate of drug-likeness (QED) is 0.872. The first-order chi connectivity index (χ1) is 8.99. The summed E-state index contributed by atoms with van der Waals surface area (Å²) in [7, 11) is -4.26. The van der Waals surface area contributed by atoms with Gasteiger partial charge in [0.25, 0.3) is 10.0 Å². The monoisotopic (exact) mass is 293 g/mol. The maximum atomic E-state index is 12.2. The van der Waals surface area contributed by atoms with Crippen molar-refractivity contribution >= 4 is 20.7 Å². The molecular weight excluding hydrogens is 278 g/mol. The molecule has 19 heavy (non-hydrogen) atoms. The Kier molecular flexibility index (Phi) is 4.17. The number of aryl methyl sites for hydroxylation is 1. The van der Waals surface area contributed by atoms with Crippen LogP contribution < -0.4 is 0 Å². The molecule has 2 aromatic rings. The summed E-state index contributed by atoms with van der Waals surface area (Å²) in [6, 6.07) is 16.2. The van der Waals surface area contributed by atoms with Gasteiger partial charge < -0.3 is 0 Å². The molecular formula is C14H15NO2S2. The largest absolute Gasteiger partial charge is 0.288 e. The summed E-state index contributed by atoms with van der Waals surface area (Å²) in [5, 5.41) is 0. The van der Waals surface area contributed by atoms with Crippen LogP contribution >= 0.6 is 0 Å². The summed E-state index contributed by atoms with van der Waals surface area (Å²) >= 11 is 0. The lowest BCUT2D eigenvalue weighted by atomic mass is 10.2. The van der Waals surface area contributed by atoms with Gasteiger partial charge in [0, 0.05) is 4.90 Å². The SMILES string of the molecule is Cc1ccc(S(=O)(=O)/N=[S@](/C)c2ccccc2)cc1. The highest BCUT2D eigenvalue weighted by molar-refractivity contribution is 7.99. The van der Waals surface area contributed by atoms with Crippen LogP contribution in [0, 0.1) is 6.92 Å². The third-order valence-electron chi connectivity index (χ3n) is 2.61. The molecule has 0 aromatic heterocycles. The van der Waals surface area contributed by atoms with E-state index in [1.807, 2.05) is 37.3 Å². The van der Waals surface area contributed by atoms with E-state index < -0.39 is 20.7 Å². The Morgan fingerprint density at radius 2 is 1.53 bits per heavy atom. The van der Waals surface area contributed by atoms with Gasteiger partial charge in [-0.15, -0.1) is 3.77 Å². The molecule has 0 saturated carbocycles. The Hall–Kier alpha value is -1.46. The Labute approximate surface area is 116 Å². The van der Waals surface area contributed by atoms with Crippen molar-refractivity contribution in [3.63, 3.8) is 0 Å². The van der Waals surface area contributed by atoms with E-state index in [2.05, 4.69) is 3.77 Å². The standard InChI is InChI=1S/C14H15NO2S2/c1-12-8-10-14(11-9-12)19(16,17)15-18(2)13-6-4-3-5-7-13/h3-11H,1-2H3/t18-/m1/s1. The summed E-state index contributed by atoms with van der Waals surface area (Å²) < 4.78 is 28.3. The highest BCUT2D eigenvalue weighted by atomic mass is 32.3. The average Bonchev–Trinajstić information content (AvgIpc) is 2.40. The van der Waals surface area contributed by atoms with Gasteiger partial charge in [-0.05, 0) is 37.4 Å². The first kappa shape index (κ1) is 14.0. The molecule has 2 aromatic carbocycles. The highest BCUT2D eigenvalue weighted by Crippen LogP contribution is 2.16. The molecule has 0 fully saturated rings. The minimum absolute atomic E-state index is 0.244. The van der Waals surface area contributed by atoms with Crippen molar-refractivity contribution in [3.8, 4) is 0 Å². The first-order valence-corrected chi connectivity index (χ1v) is 8.78. The summed E-state index contributed by atoms with van der Waals surface area (Å²) in [5.41, 5.74) is 1.03. The molecule has 3 nitrogen and oxygen atoms in total. The van der Waals surface area contributed by atoms with Gasteiger partial charge in [-0.3, -0.25) is 0 Å². The van der Waals surface area contributed by atoms with Crippen molar-refractivity contribution in [2.24, 2.45) is 3.77 Å². The highest BCUT2D eigenvalue weighted by Gasteiger charge is 2.12.